The lowest BCUT2D eigenvalue weighted by Crippen LogP contribution is -2.36. The van der Waals surface area contributed by atoms with Gasteiger partial charge >= 0.3 is 5.97 Å². The molecule has 0 fully saturated rings. The summed E-state index contributed by atoms with van der Waals surface area (Å²) in [5.41, 5.74) is 2.71. The molecule has 1 amide bonds. The van der Waals surface area contributed by atoms with Crippen LogP contribution in [0.3, 0.4) is 0 Å². The van der Waals surface area contributed by atoms with Gasteiger partial charge in [0.25, 0.3) is 5.91 Å². The lowest BCUT2D eigenvalue weighted by molar-refractivity contribution is 0.0688. The molecule has 0 saturated heterocycles. The number of aromatic carboxylic acids is 1. The highest BCUT2D eigenvalue weighted by Gasteiger charge is 2.17. The first-order valence-electron chi connectivity index (χ1n) is 3.80. The van der Waals surface area contributed by atoms with E-state index < -0.39 is 11.9 Å². The quantitative estimate of drug-likeness (QED) is 0.725. The number of carboxylic acid groups (broad SMARTS) is 1. The maximum atomic E-state index is 11.4. The van der Waals surface area contributed by atoms with E-state index in [9.17, 15) is 9.59 Å². The van der Waals surface area contributed by atoms with Gasteiger partial charge in [-0.25, -0.2) is 9.80 Å². The molecule has 1 rings (SSSR count). The van der Waals surface area contributed by atoms with Gasteiger partial charge in [0.15, 0.2) is 0 Å². The van der Waals surface area contributed by atoms with Crippen molar-refractivity contribution in [2.45, 2.75) is 0 Å². The van der Waals surface area contributed by atoms with Crippen LogP contribution in [0.15, 0.2) is 10.8 Å². The Morgan fingerprint density at radius 1 is 1.36 bits per heavy atom. The van der Waals surface area contributed by atoms with Crippen molar-refractivity contribution in [3.8, 4) is 0 Å². The highest BCUT2D eigenvalue weighted by atomic mass is 32.1. The molecule has 0 saturated carbocycles. The first-order chi connectivity index (χ1) is 6.52. The molecular formula is C8H10N2O3S. The van der Waals surface area contributed by atoms with Crippen molar-refractivity contribution in [3.63, 3.8) is 0 Å². The molecule has 0 radical (unpaired) electrons. The van der Waals surface area contributed by atoms with E-state index in [4.69, 9.17) is 5.11 Å². The Balaban J connectivity index is 2.90. The minimum absolute atomic E-state index is 0.0364. The number of carbonyl (C=O) groups is 2. The molecule has 0 bridgehead atoms. The molecule has 1 aromatic rings. The molecule has 0 unspecified atom stereocenters. The smallest absolute Gasteiger partial charge is 0.337 e. The number of nitrogens with one attached hydrogen (secondary N) is 1. The molecule has 76 valence electrons. The maximum Gasteiger partial charge on any atom is 0.337 e. The van der Waals surface area contributed by atoms with Crippen molar-refractivity contribution in [1.82, 2.24) is 10.4 Å². The molecule has 0 aromatic carbocycles. The van der Waals surface area contributed by atoms with Crippen LogP contribution in [0.5, 0.6) is 0 Å². The van der Waals surface area contributed by atoms with E-state index in [-0.39, 0.29) is 11.1 Å². The van der Waals surface area contributed by atoms with Crippen LogP contribution in [0.25, 0.3) is 0 Å². The SMILES string of the molecule is CN(C)NC(=O)c1cscc1C(=O)O. The van der Waals surface area contributed by atoms with Gasteiger partial charge in [0.1, 0.15) is 0 Å². The summed E-state index contributed by atoms with van der Waals surface area (Å²) in [6.45, 7) is 0. The summed E-state index contributed by atoms with van der Waals surface area (Å²) in [7, 11) is 3.31. The predicted octanol–water partition coefficient (Wildman–Crippen LogP) is 0.653. The highest BCUT2D eigenvalue weighted by Crippen LogP contribution is 2.14. The molecule has 0 aliphatic rings. The number of carboxylic acids is 1. The molecule has 6 heteroatoms. The molecule has 0 aliphatic carbocycles. The zero-order valence-corrected chi connectivity index (χ0v) is 8.59. The van der Waals surface area contributed by atoms with Gasteiger partial charge in [-0.3, -0.25) is 10.2 Å². The van der Waals surface area contributed by atoms with Crippen molar-refractivity contribution in [3.05, 3.63) is 21.9 Å². The normalized spacial score (nSPS) is 10.2. The van der Waals surface area contributed by atoms with Crippen molar-refractivity contribution in [1.29, 1.82) is 0 Å². The Labute approximate surface area is 84.9 Å². The van der Waals surface area contributed by atoms with E-state index in [0.29, 0.717) is 0 Å². The number of hydrogen-bond donors (Lipinski definition) is 2. The van der Waals surface area contributed by atoms with Crippen molar-refractivity contribution >= 4 is 23.2 Å². The monoisotopic (exact) mass is 214 g/mol. The Morgan fingerprint density at radius 2 is 1.93 bits per heavy atom. The van der Waals surface area contributed by atoms with Gasteiger partial charge < -0.3 is 5.11 Å². The van der Waals surface area contributed by atoms with E-state index in [1.54, 1.807) is 14.1 Å². The Kier molecular flexibility index (Phi) is 3.21. The summed E-state index contributed by atoms with van der Waals surface area (Å²) < 4.78 is 0. The minimum atomic E-state index is -1.09. The van der Waals surface area contributed by atoms with Gasteiger partial charge in [0.2, 0.25) is 0 Å². The highest BCUT2D eigenvalue weighted by molar-refractivity contribution is 7.08. The van der Waals surface area contributed by atoms with E-state index in [1.807, 2.05) is 0 Å². The summed E-state index contributed by atoms with van der Waals surface area (Å²) in [5, 5.41) is 13.2. The lowest BCUT2D eigenvalue weighted by atomic mass is 10.2. The fraction of sp³-hybridized carbons (Fsp3) is 0.250. The van der Waals surface area contributed by atoms with Crippen LogP contribution in [-0.2, 0) is 0 Å². The number of amides is 1. The van der Waals surface area contributed by atoms with E-state index in [2.05, 4.69) is 5.43 Å². The number of thiophene rings is 1. The number of hydrogen-bond acceptors (Lipinski definition) is 4. The molecular weight excluding hydrogens is 204 g/mol. The maximum absolute atomic E-state index is 11.4. The summed E-state index contributed by atoms with van der Waals surface area (Å²) >= 11 is 1.19. The number of nitrogens with zero attached hydrogens (tertiary/aromatic N) is 1. The van der Waals surface area contributed by atoms with Crippen LogP contribution in [0.2, 0.25) is 0 Å². The third-order valence-corrected chi connectivity index (χ3v) is 2.21. The van der Waals surface area contributed by atoms with Crippen LogP contribution in [0, 0.1) is 0 Å². The van der Waals surface area contributed by atoms with Crippen LogP contribution >= 0.6 is 11.3 Å². The molecule has 0 spiro atoms. The van der Waals surface area contributed by atoms with Gasteiger partial charge in [-0.2, -0.15) is 11.3 Å². The molecule has 0 atom stereocenters. The first kappa shape index (κ1) is 10.7. The number of carbonyl (C=O) groups excluding carboxylic acids is 1. The Bertz CT molecular complexity index is 359. The van der Waals surface area contributed by atoms with E-state index in [1.165, 1.54) is 27.1 Å². The van der Waals surface area contributed by atoms with E-state index in [0.717, 1.165) is 0 Å². The zero-order chi connectivity index (χ0) is 10.7. The van der Waals surface area contributed by atoms with E-state index >= 15 is 0 Å². The fourth-order valence-electron chi connectivity index (χ4n) is 0.902. The van der Waals surface area contributed by atoms with Crippen molar-refractivity contribution < 1.29 is 14.7 Å². The molecule has 1 aromatic heterocycles. The summed E-state index contributed by atoms with van der Waals surface area (Å²) in [6.07, 6.45) is 0. The van der Waals surface area contributed by atoms with Gasteiger partial charge in [-0.05, 0) is 0 Å². The molecule has 1 heterocycles. The van der Waals surface area contributed by atoms with Gasteiger partial charge in [-0.1, -0.05) is 0 Å². The third-order valence-electron chi connectivity index (χ3n) is 1.46. The largest absolute Gasteiger partial charge is 0.478 e. The van der Waals surface area contributed by atoms with Crippen LogP contribution in [0.1, 0.15) is 20.7 Å². The second-order valence-electron chi connectivity index (χ2n) is 2.84. The van der Waals surface area contributed by atoms with Crippen LogP contribution in [0.4, 0.5) is 0 Å². The van der Waals surface area contributed by atoms with Crippen molar-refractivity contribution in [2.75, 3.05) is 14.1 Å². The molecule has 5 nitrogen and oxygen atoms in total. The standard InChI is InChI=1S/C8H10N2O3S/c1-10(2)9-7(11)5-3-14-4-6(5)8(12)13/h3-4H,1-2H3,(H,9,11)(H,12,13). The molecule has 2 N–H and O–H groups in total. The van der Waals surface area contributed by atoms with Gasteiger partial charge in [-0.15, -0.1) is 0 Å². The van der Waals surface area contributed by atoms with Crippen molar-refractivity contribution in [2.24, 2.45) is 0 Å². The van der Waals surface area contributed by atoms with Gasteiger partial charge in [0.05, 0.1) is 11.1 Å². The average Bonchev–Trinajstić information content (AvgIpc) is 2.49. The summed E-state index contributed by atoms with van der Waals surface area (Å²) in [5.74, 6) is -1.50. The lowest BCUT2D eigenvalue weighted by Gasteiger charge is -2.11. The second-order valence-corrected chi connectivity index (χ2v) is 3.58. The Morgan fingerprint density at radius 3 is 2.43 bits per heavy atom. The topological polar surface area (TPSA) is 69.6 Å². The first-order valence-corrected chi connectivity index (χ1v) is 4.74. The fourth-order valence-corrected chi connectivity index (χ4v) is 1.70. The summed E-state index contributed by atoms with van der Waals surface area (Å²) in [6, 6.07) is 0. The number of rotatable bonds is 3. The summed E-state index contributed by atoms with van der Waals surface area (Å²) in [4.78, 5) is 22.1. The number of hydrazine groups is 1. The molecule has 14 heavy (non-hydrogen) atoms. The Hall–Kier alpha value is -1.40. The average molecular weight is 214 g/mol. The van der Waals surface area contributed by atoms with Gasteiger partial charge in [0, 0.05) is 24.9 Å². The van der Waals surface area contributed by atoms with Crippen LogP contribution in [-0.4, -0.2) is 36.1 Å². The predicted molar refractivity (Wildman–Crippen MR) is 52.4 cm³/mol. The van der Waals surface area contributed by atoms with Crippen LogP contribution < -0.4 is 5.43 Å². The minimum Gasteiger partial charge on any atom is -0.478 e. The third kappa shape index (κ3) is 2.30. The molecule has 0 aliphatic heterocycles. The zero-order valence-electron chi connectivity index (χ0n) is 7.77. The second kappa shape index (κ2) is 4.21.